The molecule has 1 aliphatic carbocycles. The lowest BCUT2D eigenvalue weighted by Gasteiger charge is -2.30. The lowest BCUT2D eigenvalue weighted by molar-refractivity contribution is 0.0729. The Morgan fingerprint density at radius 2 is 1.68 bits per heavy atom. The lowest BCUT2D eigenvalue weighted by Crippen LogP contribution is -2.39. The van der Waals surface area contributed by atoms with Crippen molar-refractivity contribution < 1.29 is 17.9 Å². The molecule has 2 fully saturated rings. The van der Waals surface area contributed by atoms with Crippen molar-refractivity contribution in [3.63, 3.8) is 0 Å². The first-order valence-corrected chi connectivity index (χ1v) is 15.4. The Balaban J connectivity index is 1.33. The average Bonchev–Trinajstić information content (AvgIpc) is 3.75. The maximum atomic E-state index is 13.6. The van der Waals surface area contributed by atoms with Gasteiger partial charge in [-0.2, -0.15) is 4.31 Å². The van der Waals surface area contributed by atoms with Crippen molar-refractivity contribution in [3.05, 3.63) is 87.4 Å². The van der Waals surface area contributed by atoms with Crippen LogP contribution < -0.4 is 4.74 Å². The van der Waals surface area contributed by atoms with E-state index in [2.05, 4.69) is 22.9 Å². The third-order valence-corrected chi connectivity index (χ3v) is 9.87. The Morgan fingerprint density at radius 1 is 1.03 bits per heavy atom. The SMILES string of the molecule is CC1CCCN(S(=O)(=O)c2cc(C(=O)N(Cc3ccc(Oc4ccc(Br)cc4)cc3)C3CC3)ccc2Cl)C1. The molecule has 3 aromatic rings. The van der Waals surface area contributed by atoms with E-state index in [-0.39, 0.29) is 21.9 Å². The van der Waals surface area contributed by atoms with E-state index in [9.17, 15) is 13.2 Å². The third-order valence-electron chi connectivity index (χ3n) is 6.99. The van der Waals surface area contributed by atoms with Gasteiger partial charge in [0.2, 0.25) is 10.0 Å². The third kappa shape index (κ3) is 6.25. The van der Waals surface area contributed by atoms with Crippen LogP contribution >= 0.6 is 27.5 Å². The predicted octanol–water partition coefficient (Wildman–Crippen LogP) is 7.12. The first-order chi connectivity index (χ1) is 18.2. The summed E-state index contributed by atoms with van der Waals surface area (Å²) in [4.78, 5) is 15.5. The summed E-state index contributed by atoms with van der Waals surface area (Å²) in [5.74, 6) is 1.55. The molecule has 1 saturated heterocycles. The Morgan fingerprint density at radius 3 is 2.32 bits per heavy atom. The van der Waals surface area contributed by atoms with E-state index in [0.717, 1.165) is 41.5 Å². The van der Waals surface area contributed by atoms with Crippen molar-refractivity contribution in [2.45, 2.75) is 50.1 Å². The van der Waals surface area contributed by atoms with Crippen LogP contribution in [0.1, 0.15) is 48.5 Å². The molecule has 9 heteroatoms. The fraction of sp³-hybridized carbons (Fsp3) is 0.345. The van der Waals surface area contributed by atoms with Crippen molar-refractivity contribution in [2.75, 3.05) is 13.1 Å². The van der Waals surface area contributed by atoms with Crippen molar-refractivity contribution >= 4 is 43.5 Å². The molecule has 1 amide bonds. The summed E-state index contributed by atoms with van der Waals surface area (Å²) < 4.78 is 35.2. The Labute approximate surface area is 237 Å². The van der Waals surface area contributed by atoms with Gasteiger partial charge in [0.25, 0.3) is 5.91 Å². The maximum absolute atomic E-state index is 13.6. The molecule has 1 saturated carbocycles. The van der Waals surface area contributed by atoms with Crippen LogP contribution in [0, 0.1) is 5.92 Å². The van der Waals surface area contributed by atoms with Gasteiger partial charge >= 0.3 is 0 Å². The van der Waals surface area contributed by atoms with Gasteiger partial charge < -0.3 is 9.64 Å². The molecule has 38 heavy (non-hydrogen) atoms. The number of hydrogen-bond donors (Lipinski definition) is 0. The molecule has 3 aromatic carbocycles. The van der Waals surface area contributed by atoms with Crippen molar-refractivity contribution in [3.8, 4) is 11.5 Å². The topological polar surface area (TPSA) is 66.9 Å². The van der Waals surface area contributed by atoms with Crippen LogP contribution in [-0.4, -0.2) is 42.7 Å². The van der Waals surface area contributed by atoms with E-state index in [1.165, 1.54) is 16.4 Å². The molecular weight excluding hydrogens is 588 g/mol. The molecule has 2 aliphatic rings. The normalized spacial score (nSPS) is 18.2. The fourth-order valence-corrected chi connectivity index (χ4v) is 7.12. The monoisotopic (exact) mass is 616 g/mol. The summed E-state index contributed by atoms with van der Waals surface area (Å²) in [6.45, 7) is 3.41. The van der Waals surface area contributed by atoms with Gasteiger partial charge in [-0.1, -0.05) is 46.6 Å². The van der Waals surface area contributed by atoms with Crippen LogP contribution in [0.2, 0.25) is 5.02 Å². The first kappa shape index (κ1) is 27.2. The highest BCUT2D eigenvalue weighted by Crippen LogP contribution is 2.33. The highest BCUT2D eigenvalue weighted by Gasteiger charge is 2.35. The number of rotatable bonds is 8. The standard InChI is InChI=1S/C29H30BrClN2O4S/c1-20-3-2-16-32(18-20)38(35,36)28-17-22(6-15-27(28)31)29(34)33(24-9-10-24)19-21-4-11-25(12-5-21)37-26-13-7-23(30)8-14-26/h4-8,11-15,17,20,24H,2-3,9-10,16,18-19H2,1H3. The molecule has 1 atom stereocenters. The van der Waals surface area contributed by atoms with Gasteiger partial charge in [-0.3, -0.25) is 4.79 Å². The summed E-state index contributed by atoms with van der Waals surface area (Å²) in [6.07, 6.45) is 3.69. The number of nitrogens with zero attached hydrogens (tertiary/aromatic N) is 2. The van der Waals surface area contributed by atoms with Crippen LogP contribution in [-0.2, 0) is 16.6 Å². The van der Waals surface area contributed by atoms with Gasteiger partial charge in [0, 0.05) is 35.7 Å². The van der Waals surface area contributed by atoms with Crippen molar-refractivity contribution in [2.24, 2.45) is 5.92 Å². The van der Waals surface area contributed by atoms with Gasteiger partial charge in [-0.25, -0.2) is 8.42 Å². The van der Waals surface area contributed by atoms with Gasteiger partial charge in [0.1, 0.15) is 16.4 Å². The second-order valence-electron chi connectivity index (χ2n) is 10.1. The molecule has 0 bridgehead atoms. The van der Waals surface area contributed by atoms with E-state index < -0.39 is 10.0 Å². The summed E-state index contributed by atoms with van der Waals surface area (Å²) in [5, 5.41) is 0.138. The number of sulfonamides is 1. The van der Waals surface area contributed by atoms with E-state index >= 15 is 0 Å². The molecule has 1 heterocycles. The van der Waals surface area contributed by atoms with Crippen molar-refractivity contribution in [1.29, 1.82) is 0 Å². The zero-order chi connectivity index (χ0) is 26.9. The summed E-state index contributed by atoms with van der Waals surface area (Å²) >= 11 is 9.78. The van der Waals surface area contributed by atoms with E-state index in [1.54, 1.807) is 6.07 Å². The highest BCUT2D eigenvalue weighted by atomic mass is 79.9. The molecule has 0 spiro atoms. The predicted molar refractivity (Wildman–Crippen MR) is 152 cm³/mol. The zero-order valence-electron chi connectivity index (χ0n) is 21.1. The minimum atomic E-state index is -3.79. The van der Waals surface area contributed by atoms with Gasteiger partial charge in [0.05, 0.1) is 5.02 Å². The van der Waals surface area contributed by atoms with Gasteiger partial charge in [-0.15, -0.1) is 0 Å². The van der Waals surface area contributed by atoms with E-state index in [1.807, 2.05) is 53.4 Å². The maximum Gasteiger partial charge on any atom is 0.254 e. The number of carbonyl (C=O) groups is 1. The Bertz CT molecular complexity index is 1410. The second-order valence-corrected chi connectivity index (χ2v) is 13.3. The minimum Gasteiger partial charge on any atom is -0.457 e. The Kier molecular flexibility index (Phi) is 8.14. The highest BCUT2D eigenvalue weighted by molar-refractivity contribution is 9.10. The quantitative estimate of drug-likeness (QED) is 0.270. The van der Waals surface area contributed by atoms with Crippen molar-refractivity contribution in [1.82, 2.24) is 9.21 Å². The summed E-state index contributed by atoms with van der Waals surface area (Å²) in [6, 6.07) is 20.0. The second kappa shape index (κ2) is 11.4. The molecule has 5 rings (SSSR count). The number of ether oxygens (including phenoxy) is 1. The molecule has 1 aliphatic heterocycles. The number of piperidine rings is 1. The largest absolute Gasteiger partial charge is 0.457 e. The molecule has 0 N–H and O–H groups in total. The average molecular weight is 618 g/mol. The lowest BCUT2D eigenvalue weighted by atomic mass is 10.0. The van der Waals surface area contributed by atoms with Gasteiger partial charge in [-0.05, 0) is 91.8 Å². The van der Waals surface area contributed by atoms with Crippen LogP contribution in [0.15, 0.2) is 76.1 Å². The number of benzene rings is 3. The molecule has 6 nitrogen and oxygen atoms in total. The van der Waals surface area contributed by atoms with Crippen LogP contribution in [0.3, 0.4) is 0 Å². The van der Waals surface area contributed by atoms with E-state index in [4.69, 9.17) is 16.3 Å². The molecule has 1 unspecified atom stereocenters. The summed E-state index contributed by atoms with van der Waals surface area (Å²) in [5.41, 5.74) is 1.30. The fourth-order valence-electron chi connectivity index (χ4n) is 4.75. The number of halogens is 2. The molecule has 0 aromatic heterocycles. The van der Waals surface area contributed by atoms with Crippen LogP contribution in [0.4, 0.5) is 0 Å². The minimum absolute atomic E-state index is 0.00399. The first-order valence-electron chi connectivity index (χ1n) is 12.8. The number of carbonyl (C=O) groups excluding carboxylic acids is 1. The van der Waals surface area contributed by atoms with E-state index in [0.29, 0.717) is 36.9 Å². The zero-order valence-corrected chi connectivity index (χ0v) is 24.3. The van der Waals surface area contributed by atoms with Crippen LogP contribution in [0.25, 0.3) is 0 Å². The van der Waals surface area contributed by atoms with Gasteiger partial charge in [0.15, 0.2) is 0 Å². The Hall–Kier alpha value is -2.39. The molecule has 0 radical (unpaired) electrons. The molecule has 200 valence electrons. The number of hydrogen-bond acceptors (Lipinski definition) is 4. The van der Waals surface area contributed by atoms with Crippen LogP contribution in [0.5, 0.6) is 11.5 Å². The summed E-state index contributed by atoms with van der Waals surface area (Å²) in [7, 11) is -3.79. The molecular formula is C29H30BrClN2O4S. The smallest absolute Gasteiger partial charge is 0.254 e. The number of amides is 1.